The van der Waals surface area contributed by atoms with E-state index in [1.165, 1.54) is 18.3 Å². The van der Waals surface area contributed by atoms with Crippen molar-refractivity contribution in [1.29, 1.82) is 0 Å². The van der Waals surface area contributed by atoms with Gasteiger partial charge in [0, 0.05) is 18.1 Å². The van der Waals surface area contributed by atoms with Gasteiger partial charge in [0.1, 0.15) is 11.4 Å². The fourth-order valence-corrected chi connectivity index (χ4v) is 2.17. The number of benzene rings is 1. The summed E-state index contributed by atoms with van der Waals surface area (Å²) < 4.78 is 18.6. The molecule has 1 aromatic carbocycles. The highest BCUT2D eigenvalue weighted by atomic mass is 19.1. The molecule has 2 rings (SSSR count). The number of anilines is 1. The molecular formula is C15H17FN2O2. The van der Waals surface area contributed by atoms with Crippen molar-refractivity contribution in [3.05, 3.63) is 35.3 Å². The van der Waals surface area contributed by atoms with E-state index in [1.807, 2.05) is 6.92 Å². The largest absolute Gasteiger partial charge is 0.462 e. The Bertz CT molecular complexity index is 656. The van der Waals surface area contributed by atoms with Gasteiger partial charge in [-0.3, -0.25) is 4.98 Å². The van der Waals surface area contributed by atoms with Gasteiger partial charge in [0.15, 0.2) is 0 Å². The second-order valence-electron chi connectivity index (χ2n) is 4.42. The van der Waals surface area contributed by atoms with Gasteiger partial charge in [0.05, 0.1) is 17.8 Å². The molecule has 0 saturated heterocycles. The number of hydrogen-bond acceptors (Lipinski definition) is 4. The highest BCUT2D eigenvalue weighted by molar-refractivity contribution is 6.05. The Hall–Kier alpha value is -2.17. The van der Waals surface area contributed by atoms with Crippen molar-refractivity contribution in [2.24, 2.45) is 0 Å². The van der Waals surface area contributed by atoms with Crippen LogP contribution in [0.1, 0.15) is 29.8 Å². The number of carbonyl (C=O) groups excluding carboxylic acids is 1. The minimum Gasteiger partial charge on any atom is -0.462 e. The highest BCUT2D eigenvalue weighted by Gasteiger charge is 2.17. The van der Waals surface area contributed by atoms with Crippen molar-refractivity contribution in [3.8, 4) is 0 Å². The van der Waals surface area contributed by atoms with Crippen LogP contribution in [-0.4, -0.2) is 24.1 Å². The molecule has 0 fully saturated rings. The summed E-state index contributed by atoms with van der Waals surface area (Å²) in [7, 11) is 0. The molecule has 20 heavy (non-hydrogen) atoms. The zero-order valence-corrected chi connectivity index (χ0v) is 11.8. The summed E-state index contributed by atoms with van der Waals surface area (Å²) in [5.41, 5.74) is 2.30. The van der Waals surface area contributed by atoms with Gasteiger partial charge >= 0.3 is 5.97 Å². The Labute approximate surface area is 117 Å². The van der Waals surface area contributed by atoms with E-state index in [4.69, 9.17) is 4.74 Å². The highest BCUT2D eigenvalue weighted by Crippen LogP contribution is 2.29. The lowest BCUT2D eigenvalue weighted by Gasteiger charge is -2.14. The van der Waals surface area contributed by atoms with Crippen molar-refractivity contribution in [1.82, 2.24) is 4.98 Å². The van der Waals surface area contributed by atoms with E-state index in [9.17, 15) is 9.18 Å². The minimum absolute atomic E-state index is 0.282. The number of hydrogen-bond donors (Lipinski definition) is 1. The zero-order chi connectivity index (χ0) is 14.7. The molecule has 0 unspecified atom stereocenters. The molecule has 106 valence electrons. The first-order valence-electron chi connectivity index (χ1n) is 6.58. The van der Waals surface area contributed by atoms with Gasteiger partial charge in [-0.05, 0) is 38.5 Å². The molecule has 0 saturated carbocycles. The third-order valence-corrected chi connectivity index (χ3v) is 2.98. The van der Waals surface area contributed by atoms with Crippen LogP contribution in [0.25, 0.3) is 10.9 Å². The van der Waals surface area contributed by atoms with E-state index in [-0.39, 0.29) is 12.4 Å². The number of aryl methyl sites for hydroxylation is 1. The number of rotatable bonds is 4. The van der Waals surface area contributed by atoms with Gasteiger partial charge in [0.2, 0.25) is 0 Å². The van der Waals surface area contributed by atoms with Crippen molar-refractivity contribution in [2.75, 3.05) is 18.5 Å². The first-order valence-corrected chi connectivity index (χ1v) is 6.58. The standard InChI is InChI=1S/C15H17FN2O2/c1-4-17-14-11-7-10(16)6-9(3)13(11)18-8-12(14)15(19)20-5-2/h6-8H,4-5H2,1-3H3,(H,17,18). The van der Waals surface area contributed by atoms with Crippen LogP contribution in [0.4, 0.5) is 10.1 Å². The van der Waals surface area contributed by atoms with Gasteiger partial charge in [-0.1, -0.05) is 0 Å². The smallest absolute Gasteiger partial charge is 0.341 e. The molecule has 1 heterocycles. The molecule has 0 amide bonds. The van der Waals surface area contributed by atoms with Crippen molar-refractivity contribution >= 4 is 22.6 Å². The number of halogens is 1. The molecule has 5 heteroatoms. The van der Waals surface area contributed by atoms with Crippen LogP contribution in [0, 0.1) is 12.7 Å². The number of nitrogens with zero attached hydrogens (tertiary/aromatic N) is 1. The van der Waals surface area contributed by atoms with Gasteiger partial charge in [-0.2, -0.15) is 0 Å². The summed E-state index contributed by atoms with van der Waals surface area (Å²) in [5, 5.41) is 3.70. The molecular weight excluding hydrogens is 259 g/mol. The van der Waals surface area contributed by atoms with Crippen molar-refractivity contribution in [3.63, 3.8) is 0 Å². The summed E-state index contributed by atoms with van der Waals surface area (Å²) in [6, 6.07) is 2.81. The third-order valence-electron chi connectivity index (χ3n) is 2.98. The van der Waals surface area contributed by atoms with Crippen LogP contribution >= 0.6 is 0 Å². The van der Waals surface area contributed by atoms with Crippen molar-refractivity contribution in [2.45, 2.75) is 20.8 Å². The van der Waals surface area contributed by atoms with Crippen LogP contribution in [0.2, 0.25) is 0 Å². The summed E-state index contributed by atoms with van der Waals surface area (Å²) in [6.45, 7) is 6.33. The first-order chi connectivity index (χ1) is 9.58. The number of nitrogens with one attached hydrogen (secondary N) is 1. The predicted octanol–water partition coefficient (Wildman–Crippen LogP) is 3.29. The summed E-state index contributed by atoms with van der Waals surface area (Å²) >= 11 is 0. The first kappa shape index (κ1) is 14.2. The molecule has 2 aromatic rings. The molecule has 0 bridgehead atoms. The molecule has 0 aliphatic carbocycles. The molecule has 0 atom stereocenters. The van der Waals surface area contributed by atoms with E-state index < -0.39 is 5.97 Å². The third kappa shape index (κ3) is 2.57. The summed E-state index contributed by atoms with van der Waals surface area (Å²) in [5.74, 6) is -0.809. The Kier molecular flexibility index (Phi) is 4.17. The zero-order valence-electron chi connectivity index (χ0n) is 11.8. The molecule has 0 spiro atoms. The maximum atomic E-state index is 13.6. The predicted molar refractivity (Wildman–Crippen MR) is 76.6 cm³/mol. The lowest BCUT2D eigenvalue weighted by Crippen LogP contribution is -2.11. The molecule has 0 aliphatic heterocycles. The average Bonchev–Trinajstić information content (AvgIpc) is 2.39. The maximum Gasteiger partial charge on any atom is 0.341 e. The summed E-state index contributed by atoms with van der Waals surface area (Å²) in [6.07, 6.45) is 1.48. The van der Waals surface area contributed by atoms with Gasteiger partial charge in [-0.15, -0.1) is 0 Å². The van der Waals surface area contributed by atoms with Crippen LogP contribution in [0.15, 0.2) is 18.3 Å². The topological polar surface area (TPSA) is 51.2 Å². The van der Waals surface area contributed by atoms with Gasteiger partial charge in [0.25, 0.3) is 0 Å². The second-order valence-corrected chi connectivity index (χ2v) is 4.42. The molecule has 0 aliphatic rings. The molecule has 4 nitrogen and oxygen atoms in total. The second kappa shape index (κ2) is 5.86. The monoisotopic (exact) mass is 276 g/mol. The molecule has 1 N–H and O–H groups in total. The fraction of sp³-hybridized carbons (Fsp3) is 0.333. The lowest BCUT2D eigenvalue weighted by molar-refractivity contribution is 0.0527. The Balaban J connectivity index is 2.71. The van der Waals surface area contributed by atoms with Crippen LogP contribution in [0.3, 0.4) is 0 Å². The number of aromatic nitrogens is 1. The quantitative estimate of drug-likeness (QED) is 0.871. The van der Waals surface area contributed by atoms with E-state index in [0.29, 0.717) is 28.7 Å². The fourth-order valence-electron chi connectivity index (χ4n) is 2.17. The molecule has 1 aromatic heterocycles. The number of ether oxygens (including phenoxy) is 1. The average molecular weight is 276 g/mol. The maximum absolute atomic E-state index is 13.6. The van der Waals surface area contributed by atoms with Gasteiger partial charge < -0.3 is 10.1 Å². The minimum atomic E-state index is -0.459. The molecule has 0 radical (unpaired) electrons. The Morgan fingerprint density at radius 2 is 2.15 bits per heavy atom. The number of carbonyl (C=O) groups is 1. The Morgan fingerprint density at radius 3 is 2.80 bits per heavy atom. The van der Waals surface area contributed by atoms with E-state index >= 15 is 0 Å². The Morgan fingerprint density at radius 1 is 1.40 bits per heavy atom. The number of pyridine rings is 1. The summed E-state index contributed by atoms with van der Waals surface area (Å²) in [4.78, 5) is 16.2. The van der Waals surface area contributed by atoms with E-state index in [2.05, 4.69) is 10.3 Å². The number of fused-ring (bicyclic) bond motifs is 1. The van der Waals surface area contributed by atoms with Crippen LogP contribution in [-0.2, 0) is 4.74 Å². The normalized spacial score (nSPS) is 10.6. The van der Waals surface area contributed by atoms with E-state index in [0.717, 1.165) is 5.56 Å². The SMILES string of the molecule is CCNc1c(C(=O)OCC)cnc2c(C)cc(F)cc12. The lowest BCUT2D eigenvalue weighted by atomic mass is 10.1. The van der Waals surface area contributed by atoms with Crippen molar-refractivity contribution < 1.29 is 13.9 Å². The number of esters is 1. The van der Waals surface area contributed by atoms with Crippen LogP contribution in [0.5, 0.6) is 0 Å². The van der Waals surface area contributed by atoms with E-state index in [1.54, 1.807) is 13.8 Å². The van der Waals surface area contributed by atoms with Gasteiger partial charge in [-0.25, -0.2) is 9.18 Å². The van der Waals surface area contributed by atoms with Crippen LogP contribution < -0.4 is 5.32 Å².